The molecule has 0 spiro atoms. The number of nitrogens with zero attached hydrogens (tertiary/aromatic N) is 1. The zero-order chi connectivity index (χ0) is 20.5. The summed E-state index contributed by atoms with van der Waals surface area (Å²) in [4.78, 5) is 14.4. The van der Waals surface area contributed by atoms with E-state index < -0.39 is 0 Å². The smallest absolute Gasteiger partial charge is 0.257 e. The van der Waals surface area contributed by atoms with Crippen LogP contribution in [-0.2, 0) is 4.79 Å². The molecule has 0 radical (unpaired) electrons. The first-order valence-electron chi connectivity index (χ1n) is 9.84. The Labute approximate surface area is 181 Å². The van der Waals surface area contributed by atoms with Crippen LogP contribution >= 0.6 is 23.2 Å². The highest BCUT2D eigenvalue weighted by Crippen LogP contribution is 2.19. The van der Waals surface area contributed by atoms with Crippen LogP contribution < -0.4 is 14.8 Å². The van der Waals surface area contributed by atoms with E-state index in [1.807, 2.05) is 24.3 Å². The van der Waals surface area contributed by atoms with Gasteiger partial charge in [-0.2, -0.15) is 0 Å². The lowest BCUT2D eigenvalue weighted by atomic mass is 10.1. The Balaban J connectivity index is 1.25. The van der Waals surface area contributed by atoms with Crippen LogP contribution in [0, 0.1) is 5.92 Å². The Morgan fingerprint density at radius 1 is 1.07 bits per heavy atom. The normalized spacial score (nSPS) is 16.6. The molecule has 1 aliphatic rings. The van der Waals surface area contributed by atoms with Crippen LogP contribution in [0.15, 0.2) is 48.5 Å². The number of carbonyl (C=O) groups excluding carboxylic acids is 1. The highest BCUT2D eigenvalue weighted by Gasteiger charge is 2.22. The first-order valence-corrected chi connectivity index (χ1v) is 10.6. The molecule has 1 N–H and O–H groups in total. The van der Waals surface area contributed by atoms with Crippen LogP contribution in [0.1, 0.15) is 12.8 Å². The van der Waals surface area contributed by atoms with Crippen LogP contribution in [0.5, 0.6) is 11.5 Å². The molecular weight excluding hydrogens is 411 g/mol. The topological polar surface area (TPSA) is 50.8 Å². The van der Waals surface area contributed by atoms with Crippen molar-refractivity contribution in [3.63, 3.8) is 0 Å². The van der Waals surface area contributed by atoms with E-state index in [2.05, 4.69) is 10.2 Å². The standard InChI is InChI=1S/C22H26Cl2N2O3/c23-18-5-7-20(8-6-18)29-16-22(27)25-14-17-9-11-26(15-17)10-2-12-28-21-4-1-3-19(24)13-21/h1,3-8,13,17H,2,9-12,14-16H2,(H,25,27). The van der Waals surface area contributed by atoms with E-state index in [0.717, 1.165) is 38.2 Å². The molecule has 1 aliphatic heterocycles. The van der Waals surface area contributed by atoms with Crippen LogP contribution in [-0.4, -0.2) is 50.2 Å². The Morgan fingerprint density at radius 2 is 1.90 bits per heavy atom. The fraction of sp³-hybridized carbons (Fsp3) is 0.409. The molecule has 1 unspecified atom stereocenters. The lowest BCUT2D eigenvalue weighted by Crippen LogP contribution is -2.34. The molecule has 1 heterocycles. The summed E-state index contributed by atoms with van der Waals surface area (Å²) >= 11 is 11.8. The fourth-order valence-corrected chi connectivity index (χ4v) is 3.61. The number of nitrogens with one attached hydrogen (secondary N) is 1. The number of amides is 1. The number of benzene rings is 2. The minimum absolute atomic E-state index is 0.0128. The molecule has 0 saturated carbocycles. The molecular formula is C22H26Cl2N2O3. The van der Waals surface area contributed by atoms with Crippen LogP contribution in [0.3, 0.4) is 0 Å². The number of carbonyl (C=O) groups is 1. The van der Waals surface area contributed by atoms with Gasteiger partial charge in [0.15, 0.2) is 6.61 Å². The van der Waals surface area contributed by atoms with Gasteiger partial charge in [0.2, 0.25) is 0 Å². The van der Waals surface area contributed by atoms with Crippen molar-refractivity contribution in [1.82, 2.24) is 10.2 Å². The summed E-state index contributed by atoms with van der Waals surface area (Å²) in [6.45, 7) is 4.40. The van der Waals surface area contributed by atoms with E-state index in [0.29, 0.717) is 34.9 Å². The van der Waals surface area contributed by atoms with Crippen molar-refractivity contribution in [3.8, 4) is 11.5 Å². The molecule has 0 aliphatic carbocycles. The van der Waals surface area contributed by atoms with Gasteiger partial charge < -0.3 is 19.7 Å². The fourth-order valence-electron chi connectivity index (χ4n) is 3.31. The third kappa shape index (κ3) is 7.77. The van der Waals surface area contributed by atoms with Gasteiger partial charge in [0.25, 0.3) is 5.91 Å². The zero-order valence-electron chi connectivity index (χ0n) is 16.3. The number of hydrogen-bond acceptors (Lipinski definition) is 4. The molecule has 7 heteroatoms. The van der Waals surface area contributed by atoms with Gasteiger partial charge in [-0.1, -0.05) is 29.3 Å². The Bertz CT molecular complexity index is 786. The quantitative estimate of drug-likeness (QED) is 0.564. The maximum Gasteiger partial charge on any atom is 0.257 e. The number of hydrogen-bond donors (Lipinski definition) is 1. The van der Waals surface area contributed by atoms with E-state index in [9.17, 15) is 4.79 Å². The van der Waals surface area contributed by atoms with Gasteiger partial charge in [-0.05, 0) is 67.8 Å². The number of rotatable bonds is 10. The Kier molecular flexibility index (Phi) is 8.47. The van der Waals surface area contributed by atoms with Crippen molar-refractivity contribution < 1.29 is 14.3 Å². The average Bonchev–Trinajstić information content (AvgIpc) is 3.17. The molecule has 2 aromatic carbocycles. The van der Waals surface area contributed by atoms with E-state index >= 15 is 0 Å². The molecule has 3 rings (SSSR count). The summed E-state index contributed by atoms with van der Waals surface area (Å²) in [6, 6.07) is 14.4. The number of ether oxygens (including phenoxy) is 2. The molecule has 0 aromatic heterocycles. The molecule has 156 valence electrons. The maximum absolute atomic E-state index is 12.0. The SMILES string of the molecule is O=C(COc1ccc(Cl)cc1)NCC1CCN(CCCOc2cccc(Cl)c2)C1. The summed E-state index contributed by atoms with van der Waals surface area (Å²) in [7, 11) is 0. The second-order valence-corrected chi connectivity index (χ2v) is 8.03. The molecule has 0 bridgehead atoms. The average molecular weight is 437 g/mol. The zero-order valence-corrected chi connectivity index (χ0v) is 17.8. The highest BCUT2D eigenvalue weighted by molar-refractivity contribution is 6.30. The van der Waals surface area contributed by atoms with Crippen molar-refractivity contribution in [2.24, 2.45) is 5.92 Å². The van der Waals surface area contributed by atoms with Crippen molar-refractivity contribution in [2.45, 2.75) is 12.8 Å². The van der Waals surface area contributed by atoms with Crippen molar-refractivity contribution in [1.29, 1.82) is 0 Å². The predicted molar refractivity (Wildman–Crippen MR) is 116 cm³/mol. The van der Waals surface area contributed by atoms with E-state index in [-0.39, 0.29) is 12.5 Å². The summed E-state index contributed by atoms with van der Waals surface area (Å²) < 4.78 is 11.2. The minimum Gasteiger partial charge on any atom is -0.493 e. The van der Waals surface area contributed by atoms with Gasteiger partial charge in [0.05, 0.1) is 6.61 Å². The van der Waals surface area contributed by atoms with Gasteiger partial charge in [-0.15, -0.1) is 0 Å². The first-order chi connectivity index (χ1) is 14.1. The monoisotopic (exact) mass is 436 g/mol. The summed E-state index contributed by atoms with van der Waals surface area (Å²) in [5.74, 6) is 1.81. The molecule has 1 amide bonds. The number of likely N-dealkylation sites (tertiary alicyclic amines) is 1. The third-order valence-corrected chi connectivity index (χ3v) is 5.31. The van der Waals surface area contributed by atoms with Gasteiger partial charge in [-0.25, -0.2) is 0 Å². The van der Waals surface area contributed by atoms with Crippen LogP contribution in [0.2, 0.25) is 10.0 Å². The second kappa shape index (κ2) is 11.3. The summed E-state index contributed by atoms with van der Waals surface area (Å²) in [5, 5.41) is 4.29. The Morgan fingerprint density at radius 3 is 2.69 bits per heavy atom. The van der Waals surface area contributed by atoms with E-state index in [4.69, 9.17) is 32.7 Å². The molecule has 1 fully saturated rings. The first kappa shape index (κ1) is 21.8. The van der Waals surface area contributed by atoms with Gasteiger partial charge in [-0.3, -0.25) is 4.79 Å². The molecule has 5 nitrogen and oxygen atoms in total. The largest absolute Gasteiger partial charge is 0.493 e. The lowest BCUT2D eigenvalue weighted by Gasteiger charge is -2.16. The lowest BCUT2D eigenvalue weighted by molar-refractivity contribution is -0.123. The van der Waals surface area contributed by atoms with Crippen molar-refractivity contribution in [3.05, 3.63) is 58.6 Å². The molecule has 1 saturated heterocycles. The summed E-state index contributed by atoms with van der Waals surface area (Å²) in [6.07, 6.45) is 2.05. The molecule has 2 aromatic rings. The van der Waals surface area contributed by atoms with Gasteiger partial charge in [0.1, 0.15) is 11.5 Å². The van der Waals surface area contributed by atoms with Crippen LogP contribution in [0.4, 0.5) is 0 Å². The Hall–Kier alpha value is -1.95. The van der Waals surface area contributed by atoms with Gasteiger partial charge in [0, 0.05) is 29.7 Å². The molecule has 1 atom stereocenters. The predicted octanol–water partition coefficient (Wildman–Crippen LogP) is 4.28. The number of halogens is 2. The second-order valence-electron chi connectivity index (χ2n) is 7.16. The van der Waals surface area contributed by atoms with Crippen molar-refractivity contribution in [2.75, 3.05) is 39.4 Å². The van der Waals surface area contributed by atoms with Gasteiger partial charge >= 0.3 is 0 Å². The minimum atomic E-state index is -0.103. The molecule has 29 heavy (non-hydrogen) atoms. The third-order valence-electron chi connectivity index (χ3n) is 4.82. The van der Waals surface area contributed by atoms with Crippen LogP contribution in [0.25, 0.3) is 0 Å². The highest BCUT2D eigenvalue weighted by atomic mass is 35.5. The van der Waals surface area contributed by atoms with E-state index in [1.165, 1.54) is 0 Å². The maximum atomic E-state index is 12.0. The van der Waals surface area contributed by atoms with E-state index in [1.54, 1.807) is 24.3 Å². The summed E-state index contributed by atoms with van der Waals surface area (Å²) in [5.41, 5.74) is 0. The van der Waals surface area contributed by atoms with Crippen molar-refractivity contribution >= 4 is 29.1 Å².